The lowest BCUT2D eigenvalue weighted by molar-refractivity contribution is -0.141. The van der Waals surface area contributed by atoms with E-state index in [0.29, 0.717) is 11.3 Å². The van der Waals surface area contributed by atoms with E-state index in [4.69, 9.17) is 4.74 Å². The quantitative estimate of drug-likeness (QED) is 0.412. The summed E-state index contributed by atoms with van der Waals surface area (Å²) in [5.74, 6) is 0.396. The molecule has 0 bridgehead atoms. The Balaban J connectivity index is 1.58. The van der Waals surface area contributed by atoms with Crippen molar-refractivity contribution in [2.75, 3.05) is 4.72 Å². The number of nitrogens with zero attached hydrogens (tertiary/aromatic N) is 3. The second-order valence-corrected chi connectivity index (χ2v) is 9.10. The average molecular weight is 480 g/mol. The first-order valence-corrected chi connectivity index (χ1v) is 11.4. The molecule has 4 aromatic rings. The molecule has 0 spiro atoms. The van der Waals surface area contributed by atoms with Crippen molar-refractivity contribution in [1.29, 1.82) is 0 Å². The van der Waals surface area contributed by atoms with Crippen LogP contribution >= 0.6 is 11.3 Å². The number of anilines is 1. The summed E-state index contributed by atoms with van der Waals surface area (Å²) in [4.78, 5) is 3.83. The van der Waals surface area contributed by atoms with Gasteiger partial charge >= 0.3 is 6.18 Å². The molecule has 166 valence electrons. The highest BCUT2D eigenvalue weighted by Crippen LogP contribution is 2.34. The van der Waals surface area contributed by atoms with E-state index in [2.05, 4.69) is 14.8 Å². The van der Waals surface area contributed by atoms with Crippen LogP contribution in [0.5, 0.6) is 11.5 Å². The third-order valence-electron chi connectivity index (χ3n) is 4.34. The summed E-state index contributed by atoms with van der Waals surface area (Å²) in [6.07, 6.45) is -3.06. The average Bonchev–Trinajstić information content (AvgIpc) is 3.38. The second-order valence-electron chi connectivity index (χ2n) is 6.55. The van der Waals surface area contributed by atoms with Crippen molar-refractivity contribution in [3.63, 3.8) is 0 Å². The van der Waals surface area contributed by atoms with Gasteiger partial charge in [0.2, 0.25) is 0 Å². The van der Waals surface area contributed by atoms with Gasteiger partial charge in [0, 0.05) is 24.2 Å². The first-order valence-electron chi connectivity index (χ1n) is 9.04. The number of ether oxygens (including phenoxy) is 1. The Morgan fingerprint density at radius 2 is 1.81 bits per heavy atom. The normalized spacial score (nSPS) is 12.0. The molecule has 0 unspecified atom stereocenters. The van der Waals surface area contributed by atoms with Crippen LogP contribution in [0.1, 0.15) is 5.69 Å². The van der Waals surface area contributed by atoms with Crippen LogP contribution in [0.4, 0.5) is 18.3 Å². The summed E-state index contributed by atoms with van der Waals surface area (Å²) in [7, 11) is -2.53. The van der Waals surface area contributed by atoms with Gasteiger partial charge in [-0.15, -0.1) is 11.3 Å². The van der Waals surface area contributed by atoms with E-state index in [1.165, 1.54) is 37.5 Å². The Labute approximate surface area is 185 Å². The number of halogens is 3. The molecular weight excluding hydrogens is 465 g/mol. The zero-order valence-corrected chi connectivity index (χ0v) is 18.0. The maximum atomic E-state index is 12.9. The minimum Gasteiger partial charge on any atom is -0.456 e. The summed E-state index contributed by atoms with van der Waals surface area (Å²) < 4.78 is 73.5. The molecule has 0 aliphatic carbocycles. The van der Waals surface area contributed by atoms with Crippen LogP contribution in [-0.4, -0.2) is 23.2 Å². The monoisotopic (exact) mass is 480 g/mol. The first-order chi connectivity index (χ1) is 15.1. The number of hydrogen-bond donors (Lipinski definition) is 1. The standard InChI is InChI=1S/C20H15F3N4O3S2/c1-27-15(12-18(25-27)20(21,22)23)13-6-8-14(9-7-13)30-16-4-2-3-5-17(16)32(28,29)26-19-24-10-11-31-19/h2-12H,1H3,(H,24,26). The molecule has 32 heavy (non-hydrogen) atoms. The highest BCUT2D eigenvalue weighted by Gasteiger charge is 2.34. The van der Waals surface area contributed by atoms with Gasteiger partial charge in [-0.25, -0.2) is 13.4 Å². The second kappa shape index (κ2) is 8.28. The minimum atomic E-state index is -4.54. The van der Waals surface area contributed by atoms with Crippen LogP contribution in [-0.2, 0) is 23.2 Å². The molecule has 0 aliphatic heterocycles. The molecule has 2 aromatic carbocycles. The number of aromatic nitrogens is 3. The van der Waals surface area contributed by atoms with Gasteiger partial charge in [0.05, 0.1) is 5.69 Å². The minimum absolute atomic E-state index is 0.0827. The molecular formula is C20H15F3N4O3S2. The summed E-state index contributed by atoms with van der Waals surface area (Å²) in [5.41, 5.74) is -0.212. The zero-order chi connectivity index (χ0) is 22.9. The third kappa shape index (κ3) is 4.60. The third-order valence-corrected chi connectivity index (χ3v) is 6.54. The molecule has 2 aromatic heterocycles. The van der Waals surface area contributed by atoms with E-state index in [0.717, 1.165) is 22.1 Å². The van der Waals surface area contributed by atoms with E-state index in [-0.39, 0.29) is 21.5 Å². The van der Waals surface area contributed by atoms with Crippen LogP contribution in [0.25, 0.3) is 11.3 Å². The molecule has 0 radical (unpaired) electrons. The van der Waals surface area contributed by atoms with Gasteiger partial charge in [0.15, 0.2) is 10.8 Å². The Bertz CT molecular complexity index is 1330. The zero-order valence-electron chi connectivity index (χ0n) is 16.4. The van der Waals surface area contributed by atoms with Crippen LogP contribution in [0.3, 0.4) is 0 Å². The van der Waals surface area contributed by atoms with E-state index in [9.17, 15) is 21.6 Å². The Kier molecular flexibility index (Phi) is 5.65. The molecule has 0 atom stereocenters. The number of sulfonamides is 1. The van der Waals surface area contributed by atoms with Crippen LogP contribution in [0, 0.1) is 0 Å². The maximum Gasteiger partial charge on any atom is 0.435 e. The Hall–Kier alpha value is -3.38. The van der Waals surface area contributed by atoms with Crippen molar-refractivity contribution >= 4 is 26.5 Å². The molecule has 0 aliphatic rings. The number of aryl methyl sites for hydroxylation is 1. The SMILES string of the molecule is Cn1nc(C(F)(F)F)cc1-c1ccc(Oc2ccccc2S(=O)(=O)Nc2nccs2)cc1. The highest BCUT2D eigenvalue weighted by atomic mass is 32.2. The number of thiazole rings is 1. The fourth-order valence-corrected chi connectivity index (χ4v) is 4.82. The molecule has 1 N–H and O–H groups in total. The predicted molar refractivity (Wildman–Crippen MR) is 113 cm³/mol. The van der Waals surface area contributed by atoms with Gasteiger partial charge in [-0.3, -0.25) is 9.40 Å². The molecule has 4 rings (SSSR count). The van der Waals surface area contributed by atoms with Gasteiger partial charge in [-0.1, -0.05) is 12.1 Å². The van der Waals surface area contributed by atoms with Crippen molar-refractivity contribution < 1.29 is 26.3 Å². The number of nitrogens with one attached hydrogen (secondary N) is 1. The molecule has 0 amide bonds. The smallest absolute Gasteiger partial charge is 0.435 e. The summed E-state index contributed by atoms with van der Waals surface area (Å²) in [6.45, 7) is 0. The fourth-order valence-electron chi connectivity index (χ4n) is 2.90. The summed E-state index contributed by atoms with van der Waals surface area (Å²) in [6, 6.07) is 13.2. The van der Waals surface area contributed by atoms with Crippen molar-refractivity contribution in [2.45, 2.75) is 11.1 Å². The molecule has 12 heteroatoms. The number of rotatable bonds is 6. The van der Waals surface area contributed by atoms with Crippen LogP contribution in [0.2, 0.25) is 0 Å². The maximum absolute atomic E-state index is 12.9. The molecule has 7 nitrogen and oxygen atoms in total. The van der Waals surface area contributed by atoms with E-state index in [1.54, 1.807) is 29.6 Å². The number of para-hydroxylation sites is 1. The van der Waals surface area contributed by atoms with E-state index >= 15 is 0 Å². The highest BCUT2D eigenvalue weighted by molar-refractivity contribution is 7.93. The van der Waals surface area contributed by atoms with Gasteiger partial charge in [0.1, 0.15) is 16.4 Å². The van der Waals surface area contributed by atoms with Crippen LogP contribution in [0.15, 0.2) is 71.1 Å². The topological polar surface area (TPSA) is 86.1 Å². The predicted octanol–water partition coefficient (Wildman–Crippen LogP) is 5.16. The van der Waals surface area contributed by atoms with Gasteiger partial charge in [-0.05, 0) is 42.5 Å². The first kappa shape index (κ1) is 21.8. The lowest BCUT2D eigenvalue weighted by Gasteiger charge is -2.12. The fraction of sp³-hybridized carbons (Fsp3) is 0.100. The Morgan fingerprint density at radius 3 is 2.44 bits per heavy atom. The van der Waals surface area contributed by atoms with Crippen molar-refractivity contribution in [3.8, 4) is 22.8 Å². The van der Waals surface area contributed by atoms with Crippen molar-refractivity contribution in [1.82, 2.24) is 14.8 Å². The van der Waals surface area contributed by atoms with Gasteiger partial charge < -0.3 is 4.74 Å². The van der Waals surface area contributed by atoms with Crippen LogP contribution < -0.4 is 9.46 Å². The lowest BCUT2D eigenvalue weighted by atomic mass is 10.1. The van der Waals surface area contributed by atoms with Crippen molar-refractivity contribution in [2.24, 2.45) is 7.05 Å². The van der Waals surface area contributed by atoms with E-state index < -0.39 is 21.9 Å². The molecule has 0 saturated carbocycles. The number of alkyl halides is 3. The molecule has 0 fully saturated rings. The number of benzene rings is 2. The van der Waals surface area contributed by atoms with Crippen molar-refractivity contribution in [3.05, 3.63) is 71.9 Å². The summed E-state index contributed by atoms with van der Waals surface area (Å²) in [5, 5.41) is 5.36. The van der Waals surface area contributed by atoms with E-state index in [1.807, 2.05) is 0 Å². The largest absolute Gasteiger partial charge is 0.456 e. The molecule has 2 heterocycles. The van der Waals surface area contributed by atoms with Gasteiger partial charge in [0.25, 0.3) is 10.0 Å². The van der Waals surface area contributed by atoms with Gasteiger partial charge in [-0.2, -0.15) is 18.3 Å². The molecule has 0 saturated heterocycles. The lowest BCUT2D eigenvalue weighted by Crippen LogP contribution is -2.13. The number of hydrogen-bond acceptors (Lipinski definition) is 6. The Morgan fingerprint density at radius 1 is 1.09 bits per heavy atom. The summed E-state index contributed by atoms with van der Waals surface area (Å²) >= 11 is 1.14.